The molecule has 8 nitrogen and oxygen atoms in total. The van der Waals surface area contributed by atoms with Gasteiger partial charge in [0.15, 0.2) is 0 Å². The molecule has 0 radical (unpaired) electrons. The molecule has 2 rings (SSSR count). The molecule has 9 heteroatoms. The minimum absolute atomic E-state index is 0.0895. The Morgan fingerprint density at radius 2 is 1.88 bits per heavy atom. The lowest BCUT2D eigenvalue weighted by Crippen LogP contribution is -2.40. The number of benzene rings is 1. The van der Waals surface area contributed by atoms with Gasteiger partial charge >= 0.3 is 6.03 Å². The van der Waals surface area contributed by atoms with Crippen molar-refractivity contribution in [3.05, 3.63) is 46.8 Å². The summed E-state index contributed by atoms with van der Waals surface area (Å²) in [6, 6.07) is 6.56. The van der Waals surface area contributed by atoms with E-state index in [0.29, 0.717) is 17.0 Å². The minimum atomic E-state index is -3.61. The summed E-state index contributed by atoms with van der Waals surface area (Å²) in [6.45, 7) is 5.82. The molecule has 0 unspecified atom stereocenters. The van der Waals surface area contributed by atoms with Crippen LogP contribution in [0, 0.1) is 20.8 Å². The molecule has 0 spiro atoms. The smallest absolute Gasteiger partial charge is 0.315 e. The van der Waals surface area contributed by atoms with Crippen molar-refractivity contribution in [2.75, 3.05) is 13.1 Å². The van der Waals surface area contributed by atoms with E-state index >= 15 is 0 Å². The highest BCUT2D eigenvalue weighted by Gasteiger charge is 2.16. The molecular formula is C16H22N4O4S. The van der Waals surface area contributed by atoms with Crippen molar-refractivity contribution in [1.82, 2.24) is 20.5 Å². The molecule has 1 aromatic carbocycles. The van der Waals surface area contributed by atoms with Crippen LogP contribution in [-0.4, -0.2) is 32.7 Å². The van der Waals surface area contributed by atoms with Crippen molar-refractivity contribution in [3.8, 4) is 0 Å². The molecule has 3 N–H and O–H groups in total. The van der Waals surface area contributed by atoms with Gasteiger partial charge in [-0.3, -0.25) is 0 Å². The highest BCUT2D eigenvalue weighted by atomic mass is 32.2. The van der Waals surface area contributed by atoms with E-state index in [2.05, 4.69) is 20.5 Å². The van der Waals surface area contributed by atoms with E-state index in [4.69, 9.17) is 4.52 Å². The summed E-state index contributed by atoms with van der Waals surface area (Å²) < 4.78 is 32.0. The van der Waals surface area contributed by atoms with E-state index in [0.717, 1.165) is 5.56 Å². The fourth-order valence-corrected chi connectivity index (χ4v) is 3.53. The van der Waals surface area contributed by atoms with Crippen LogP contribution in [0.3, 0.4) is 0 Å². The Bertz CT molecular complexity index is 846. The first-order chi connectivity index (χ1) is 11.8. The largest absolute Gasteiger partial charge is 0.361 e. The Morgan fingerprint density at radius 1 is 1.12 bits per heavy atom. The Labute approximate surface area is 147 Å². The van der Waals surface area contributed by atoms with Crippen molar-refractivity contribution in [2.24, 2.45) is 0 Å². The molecule has 136 valence electrons. The molecular weight excluding hydrogens is 344 g/mol. The zero-order chi connectivity index (χ0) is 18.4. The Kier molecular flexibility index (Phi) is 6.16. The lowest BCUT2D eigenvalue weighted by atomic mass is 10.2. The molecule has 1 heterocycles. The van der Waals surface area contributed by atoms with Crippen molar-refractivity contribution in [2.45, 2.75) is 32.2 Å². The van der Waals surface area contributed by atoms with Gasteiger partial charge in [-0.1, -0.05) is 17.3 Å². The van der Waals surface area contributed by atoms with Crippen LogP contribution in [0.2, 0.25) is 0 Å². The van der Waals surface area contributed by atoms with Gasteiger partial charge in [0.05, 0.1) is 11.4 Å². The topological polar surface area (TPSA) is 113 Å². The SMILES string of the molecule is Cc1ccc(C)c(S(=O)(=O)NCCNC(=O)NCc2cc(C)on2)c1. The second-order valence-corrected chi connectivity index (χ2v) is 7.44. The number of carbonyl (C=O) groups excluding carboxylic acids is 1. The molecule has 2 aromatic rings. The van der Waals surface area contributed by atoms with Gasteiger partial charge in [0.2, 0.25) is 10.0 Å². The van der Waals surface area contributed by atoms with Gasteiger partial charge in [-0.15, -0.1) is 0 Å². The molecule has 0 aliphatic heterocycles. The quantitative estimate of drug-likeness (QED) is 0.641. The van der Waals surface area contributed by atoms with Crippen molar-refractivity contribution >= 4 is 16.1 Å². The van der Waals surface area contributed by atoms with Crippen LogP contribution in [0.15, 0.2) is 33.7 Å². The van der Waals surface area contributed by atoms with E-state index in [1.807, 2.05) is 13.0 Å². The number of nitrogens with zero attached hydrogens (tertiary/aromatic N) is 1. The number of rotatable bonds is 7. The maximum atomic E-state index is 12.3. The lowest BCUT2D eigenvalue weighted by molar-refractivity contribution is 0.240. The zero-order valence-corrected chi connectivity index (χ0v) is 15.2. The number of carbonyl (C=O) groups is 1. The number of aromatic nitrogens is 1. The van der Waals surface area contributed by atoms with Gasteiger partial charge in [0.1, 0.15) is 11.5 Å². The van der Waals surface area contributed by atoms with Crippen LogP contribution < -0.4 is 15.4 Å². The summed E-state index contributed by atoms with van der Waals surface area (Å²) in [5.74, 6) is 0.665. The minimum Gasteiger partial charge on any atom is -0.361 e. The maximum Gasteiger partial charge on any atom is 0.315 e. The van der Waals surface area contributed by atoms with Gasteiger partial charge in [-0.05, 0) is 38.0 Å². The summed E-state index contributed by atoms with van der Waals surface area (Å²) >= 11 is 0. The summed E-state index contributed by atoms with van der Waals surface area (Å²) in [4.78, 5) is 11.9. The van der Waals surface area contributed by atoms with Crippen LogP contribution >= 0.6 is 0 Å². The van der Waals surface area contributed by atoms with E-state index < -0.39 is 16.1 Å². The molecule has 0 bridgehead atoms. The lowest BCUT2D eigenvalue weighted by Gasteiger charge is -2.11. The Balaban J connectivity index is 1.76. The number of sulfonamides is 1. The Hall–Kier alpha value is -2.39. The van der Waals surface area contributed by atoms with Crippen LogP contribution in [0.4, 0.5) is 4.79 Å². The molecule has 0 fully saturated rings. The molecule has 1 aromatic heterocycles. The number of hydrogen-bond acceptors (Lipinski definition) is 5. The first-order valence-electron chi connectivity index (χ1n) is 7.79. The third-order valence-electron chi connectivity index (χ3n) is 3.44. The van der Waals surface area contributed by atoms with Crippen LogP contribution in [0.1, 0.15) is 22.6 Å². The maximum absolute atomic E-state index is 12.3. The molecule has 2 amide bonds. The number of amides is 2. The van der Waals surface area contributed by atoms with Gasteiger partial charge in [0, 0.05) is 19.2 Å². The van der Waals surface area contributed by atoms with Crippen molar-refractivity contribution in [1.29, 1.82) is 0 Å². The molecule has 0 aliphatic rings. The highest BCUT2D eigenvalue weighted by molar-refractivity contribution is 7.89. The number of hydrogen-bond donors (Lipinski definition) is 3. The average molecular weight is 366 g/mol. The molecule has 0 aliphatic carbocycles. The second kappa shape index (κ2) is 8.13. The predicted octanol–water partition coefficient (Wildman–Crippen LogP) is 1.38. The summed E-state index contributed by atoms with van der Waals surface area (Å²) in [5, 5.41) is 8.94. The monoisotopic (exact) mass is 366 g/mol. The first kappa shape index (κ1) is 18.9. The van der Waals surface area contributed by atoms with E-state index in [-0.39, 0.29) is 24.5 Å². The van der Waals surface area contributed by atoms with E-state index in [1.165, 1.54) is 0 Å². The summed E-state index contributed by atoms with van der Waals surface area (Å²) in [7, 11) is -3.61. The fourth-order valence-electron chi connectivity index (χ4n) is 2.17. The third kappa shape index (κ3) is 5.57. The Morgan fingerprint density at radius 3 is 2.56 bits per heavy atom. The number of urea groups is 1. The normalized spacial score (nSPS) is 11.3. The molecule has 0 saturated carbocycles. The summed E-state index contributed by atoms with van der Waals surface area (Å²) in [6.07, 6.45) is 0. The third-order valence-corrected chi connectivity index (χ3v) is 5.05. The van der Waals surface area contributed by atoms with Crippen molar-refractivity contribution in [3.63, 3.8) is 0 Å². The van der Waals surface area contributed by atoms with Gasteiger partial charge < -0.3 is 15.2 Å². The molecule has 0 saturated heterocycles. The molecule has 0 atom stereocenters. The van der Waals surface area contributed by atoms with Gasteiger partial charge in [-0.2, -0.15) is 0 Å². The van der Waals surface area contributed by atoms with Gasteiger partial charge in [0.25, 0.3) is 0 Å². The summed E-state index contributed by atoms with van der Waals surface area (Å²) in [5.41, 5.74) is 2.15. The average Bonchev–Trinajstić information content (AvgIpc) is 2.97. The predicted molar refractivity (Wildman–Crippen MR) is 92.6 cm³/mol. The fraction of sp³-hybridized carbons (Fsp3) is 0.375. The second-order valence-electron chi connectivity index (χ2n) is 5.71. The van der Waals surface area contributed by atoms with Crippen molar-refractivity contribution < 1.29 is 17.7 Å². The van der Waals surface area contributed by atoms with Crippen LogP contribution in [0.25, 0.3) is 0 Å². The molecule has 25 heavy (non-hydrogen) atoms. The van der Waals surface area contributed by atoms with E-state index in [1.54, 1.807) is 32.0 Å². The van der Waals surface area contributed by atoms with Crippen LogP contribution in [0.5, 0.6) is 0 Å². The van der Waals surface area contributed by atoms with Gasteiger partial charge in [-0.25, -0.2) is 17.9 Å². The standard InChI is InChI=1S/C16H22N4O4S/c1-11-4-5-12(2)15(8-11)25(22,23)19-7-6-17-16(21)18-10-14-9-13(3)24-20-14/h4-5,8-9,19H,6-7,10H2,1-3H3,(H2,17,18,21). The first-order valence-corrected chi connectivity index (χ1v) is 9.27. The number of aryl methyl sites for hydroxylation is 3. The highest BCUT2D eigenvalue weighted by Crippen LogP contribution is 2.16. The number of nitrogens with one attached hydrogen (secondary N) is 3. The zero-order valence-electron chi connectivity index (χ0n) is 14.4. The van der Waals surface area contributed by atoms with E-state index in [9.17, 15) is 13.2 Å². The van der Waals surface area contributed by atoms with Crippen LogP contribution in [-0.2, 0) is 16.6 Å².